The quantitative estimate of drug-likeness (QED) is 0.436. The monoisotopic (exact) mass is 164 g/mol. The van der Waals surface area contributed by atoms with Crippen molar-refractivity contribution in [2.24, 2.45) is 0 Å². The van der Waals surface area contributed by atoms with Gasteiger partial charge in [-0.2, -0.15) is 0 Å². The Morgan fingerprint density at radius 1 is 1.25 bits per heavy atom. The van der Waals surface area contributed by atoms with Gasteiger partial charge < -0.3 is 0 Å². The maximum atomic E-state index is 4.00. The van der Waals surface area contributed by atoms with E-state index in [1.165, 1.54) is 18.4 Å². The maximum absolute atomic E-state index is 4.00. The molecule has 0 spiro atoms. The van der Waals surface area contributed by atoms with Crippen molar-refractivity contribution in [1.82, 2.24) is 0 Å². The zero-order chi connectivity index (χ0) is 9.82. The minimum atomic E-state index is 1.13. The van der Waals surface area contributed by atoms with Crippen LogP contribution in [0.4, 0.5) is 0 Å². The van der Waals surface area contributed by atoms with Gasteiger partial charge in [-0.1, -0.05) is 44.1 Å². The van der Waals surface area contributed by atoms with Crippen molar-refractivity contribution in [1.29, 1.82) is 0 Å². The first kappa shape index (κ1) is 13.6. The molecule has 0 saturated heterocycles. The van der Waals surface area contributed by atoms with Gasteiger partial charge in [0, 0.05) is 0 Å². The van der Waals surface area contributed by atoms with Gasteiger partial charge in [-0.25, -0.2) is 0 Å². The van der Waals surface area contributed by atoms with E-state index in [0.717, 1.165) is 6.42 Å². The average Bonchev–Trinajstić information content (AvgIpc) is 2.09. The summed E-state index contributed by atoms with van der Waals surface area (Å²) in [5.74, 6) is 0. The summed E-state index contributed by atoms with van der Waals surface area (Å²) in [5, 5.41) is 0. The summed E-state index contributed by atoms with van der Waals surface area (Å²) in [7, 11) is 0. The van der Waals surface area contributed by atoms with Crippen LogP contribution in [-0.2, 0) is 0 Å². The van der Waals surface area contributed by atoms with Crippen LogP contribution in [-0.4, -0.2) is 0 Å². The Hall–Kier alpha value is -0.960. The Kier molecular flexibility index (Phi) is 14.4. The van der Waals surface area contributed by atoms with Crippen molar-refractivity contribution in [2.75, 3.05) is 0 Å². The predicted octanol–water partition coefficient (Wildman–Crippen LogP) is 3.95. The van der Waals surface area contributed by atoms with Crippen LogP contribution < -0.4 is 0 Å². The van der Waals surface area contributed by atoms with Gasteiger partial charge in [0.15, 0.2) is 0 Å². The minimum Gasteiger partial charge on any atom is -0.124 e. The van der Waals surface area contributed by atoms with E-state index in [2.05, 4.69) is 51.8 Å². The van der Waals surface area contributed by atoms with Gasteiger partial charge in [0.25, 0.3) is 0 Å². The molecule has 0 saturated carbocycles. The minimum absolute atomic E-state index is 1.13. The molecule has 0 radical (unpaired) electrons. The van der Waals surface area contributed by atoms with Gasteiger partial charge in [0.2, 0.25) is 0 Å². The largest absolute Gasteiger partial charge is 0.124 e. The molecule has 0 fully saturated rings. The van der Waals surface area contributed by atoms with Gasteiger partial charge in [-0.05, 0) is 19.8 Å². The zero-order valence-electron chi connectivity index (χ0n) is 8.51. The van der Waals surface area contributed by atoms with Crippen molar-refractivity contribution < 1.29 is 0 Å². The second-order valence-electron chi connectivity index (χ2n) is 2.60. The van der Waals surface area contributed by atoms with Crippen LogP contribution in [0.1, 0.15) is 40.0 Å². The van der Waals surface area contributed by atoms with Crippen LogP contribution in [0.15, 0.2) is 23.8 Å². The van der Waals surface area contributed by atoms with Gasteiger partial charge in [0.05, 0.1) is 0 Å². The van der Waals surface area contributed by atoms with Crippen LogP contribution in [0, 0.1) is 12.8 Å². The molecule has 0 nitrogen and oxygen atoms in total. The first-order valence-electron chi connectivity index (χ1n) is 4.46. The number of hydrogen-bond donors (Lipinski definition) is 0. The summed E-state index contributed by atoms with van der Waals surface area (Å²) in [4.78, 5) is 0. The summed E-state index contributed by atoms with van der Waals surface area (Å²) in [6, 6.07) is 0. The molecule has 0 rings (SSSR count). The highest BCUT2D eigenvalue weighted by Crippen LogP contribution is 2.02. The highest BCUT2D eigenvalue weighted by Gasteiger charge is 1.81. The van der Waals surface area contributed by atoms with Crippen LogP contribution >= 0.6 is 0 Å². The third-order valence-electron chi connectivity index (χ3n) is 1.40. The third kappa shape index (κ3) is 11.8. The van der Waals surface area contributed by atoms with E-state index in [1.54, 1.807) is 0 Å². The SMILES string of the molecule is C#C.CC/C=C\C=C(/C)CCC. The van der Waals surface area contributed by atoms with Crippen LogP contribution in [0.2, 0.25) is 0 Å². The Balaban J connectivity index is 0. The fourth-order valence-electron chi connectivity index (χ4n) is 0.846. The van der Waals surface area contributed by atoms with Gasteiger partial charge >= 0.3 is 0 Å². The van der Waals surface area contributed by atoms with E-state index in [-0.39, 0.29) is 0 Å². The fraction of sp³-hybridized carbons (Fsp3) is 0.500. The highest BCUT2D eigenvalue weighted by molar-refractivity contribution is 5.09. The van der Waals surface area contributed by atoms with Gasteiger partial charge in [-0.3, -0.25) is 0 Å². The molecule has 0 aromatic heterocycles. The van der Waals surface area contributed by atoms with Crippen molar-refractivity contribution >= 4 is 0 Å². The van der Waals surface area contributed by atoms with Gasteiger partial charge in [0.1, 0.15) is 0 Å². The normalized spacial score (nSPS) is 10.9. The molecule has 68 valence electrons. The third-order valence-corrected chi connectivity index (χ3v) is 1.40. The summed E-state index contributed by atoms with van der Waals surface area (Å²) < 4.78 is 0. The molecule has 0 unspecified atom stereocenters. The van der Waals surface area contributed by atoms with Crippen molar-refractivity contribution in [3.63, 3.8) is 0 Å². The Bertz CT molecular complexity index is 147. The molecule has 0 heteroatoms. The van der Waals surface area contributed by atoms with Crippen molar-refractivity contribution in [3.05, 3.63) is 23.8 Å². The number of hydrogen-bond acceptors (Lipinski definition) is 0. The second kappa shape index (κ2) is 12.7. The predicted molar refractivity (Wildman–Crippen MR) is 58.0 cm³/mol. The lowest BCUT2D eigenvalue weighted by molar-refractivity contribution is 0.905. The first-order valence-corrected chi connectivity index (χ1v) is 4.46. The van der Waals surface area contributed by atoms with E-state index in [0.29, 0.717) is 0 Å². The lowest BCUT2D eigenvalue weighted by Gasteiger charge is -1.92. The molecule has 0 amide bonds. The highest BCUT2D eigenvalue weighted by atomic mass is 13.9. The fourth-order valence-corrected chi connectivity index (χ4v) is 0.846. The molecule has 12 heavy (non-hydrogen) atoms. The van der Waals surface area contributed by atoms with Crippen molar-refractivity contribution in [3.8, 4) is 12.8 Å². The molecule has 0 aliphatic heterocycles. The summed E-state index contributed by atoms with van der Waals surface area (Å²) in [6.45, 7) is 6.55. The maximum Gasteiger partial charge on any atom is -0.0323 e. The summed E-state index contributed by atoms with van der Waals surface area (Å²) >= 11 is 0. The van der Waals surface area contributed by atoms with E-state index in [4.69, 9.17) is 0 Å². The molecule has 0 aliphatic rings. The lowest BCUT2D eigenvalue weighted by Crippen LogP contribution is -1.72. The van der Waals surface area contributed by atoms with E-state index < -0.39 is 0 Å². The van der Waals surface area contributed by atoms with E-state index >= 15 is 0 Å². The van der Waals surface area contributed by atoms with Gasteiger partial charge in [-0.15, -0.1) is 12.8 Å². The molecule has 0 aromatic rings. The standard InChI is InChI=1S/C10H18.C2H2/c1-4-6-7-9-10(3)8-5-2;1-2/h6-7,9H,4-5,8H2,1-3H3;1-2H/b7-6-,10-9+;. The molecule has 0 N–H and O–H groups in total. The Labute approximate surface area is 77.4 Å². The molecule has 0 bridgehead atoms. The van der Waals surface area contributed by atoms with Crippen molar-refractivity contribution in [2.45, 2.75) is 40.0 Å². The zero-order valence-corrected chi connectivity index (χ0v) is 8.51. The molecular formula is C12H20. The average molecular weight is 164 g/mol. The van der Waals surface area contributed by atoms with E-state index in [9.17, 15) is 0 Å². The number of allylic oxidation sites excluding steroid dienone is 4. The second-order valence-corrected chi connectivity index (χ2v) is 2.60. The molecular weight excluding hydrogens is 144 g/mol. The smallest absolute Gasteiger partial charge is 0.0323 e. The van der Waals surface area contributed by atoms with E-state index in [1.807, 2.05) is 0 Å². The summed E-state index contributed by atoms with van der Waals surface area (Å²) in [6.07, 6.45) is 18.1. The Morgan fingerprint density at radius 3 is 2.25 bits per heavy atom. The topological polar surface area (TPSA) is 0 Å². The number of terminal acetylenes is 1. The van der Waals surface area contributed by atoms with Crippen LogP contribution in [0.5, 0.6) is 0 Å². The molecule has 0 aliphatic carbocycles. The molecule has 0 atom stereocenters. The van der Waals surface area contributed by atoms with Crippen LogP contribution in [0.3, 0.4) is 0 Å². The first-order chi connectivity index (χ1) is 5.81. The molecule has 0 aromatic carbocycles. The number of rotatable bonds is 4. The molecule has 0 heterocycles. The lowest BCUT2D eigenvalue weighted by atomic mass is 10.1. The van der Waals surface area contributed by atoms with Crippen LogP contribution in [0.25, 0.3) is 0 Å². The summed E-state index contributed by atoms with van der Waals surface area (Å²) in [5.41, 5.74) is 1.48. The Morgan fingerprint density at radius 2 is 1.83 bits per heavy atom.